The van der Waals surface area contributed by atoms with Gasteiger partial charge in [0.05, 0.1) is 0 Å². The van der Waals surface area contributed by atoms with Crippen LogP contribution in [0.2, 0.25) is 13.6 Å². The van der Waals surface area contributed by atoms with Gasteiger partial charge >= 0.3 is 0 Å². The fourth-order valence-electron chi connectivity index (χ4n) is 0. The zero-order chi connectivity index (χ0) is 2.71. The van der Waals surface area contributed by atoms with E-state index in [2.05, 4.69) is 0 Å². The normalized spacial score (nSPS) is 3.50. The molecule has 0 aliphatic heterocycles. The summed E-state index contributed by atoms with van der Waals surface area (Å²) in [4.78, 5) is 0. The van der Waals surface area contributed by atoms with E-state index in [-0.39, 0.29) is 11.0 Å². The topological polar surface area (TPSA) is 0 Å². The minimum Gasteiger partial charge on any atom is -0.0922 e. The zero-order valence-corrected chi connectivity index (χ0v) is 4.08. The molecule has 0 aromatic rings. The lowest BCUT2D eigenvalue weighted by atomic mass is 9.88. The summed E-state index contributed by atoms with van der Waals surface area (Å²) in [6, 6.07) is 0. The molecule has 0 aliphatic rings. The van der Waals surface area contributed by atoms with E-state index in [1.807, 2.05) is 20.9 Å². The third kappa shape index (κ3) is 47.2. The number of rotatable bonds is 0. The molecule has 0 saturated heterocycles. The summed E-state index contributed by atoms with van der Waals surface area (Å²) in [5.41, 5.74) is 0. The molecular formula is C2H6BSi. The van der Waals surface area contributed by atoms with Crippen LogP contribution in [0.1, 0.15) is 0 Å². The van der Waals surface area contributed by atoms with Crippen LogP contribution in [0, 0.1) is 0 Å². The molecule has 21 valence electrons. The van der Waals surface area contributed by atoms with Gasteiger partial charge in [-0.15, -0.1) is 0 Å². The van der Waals surface area contributed by atoms with Crippen LogP contribution in [0.5, 0.6) is 0 Å². The largest absolute Gasteiger partial charge is 0.102 e. The Bertz CT molecular complexity index is 6.00. The molecule has 0 aromatic heterocycles. The van der Waals surface area contributed by atoms with E-state index in [1.165, 1.54) is 0 Å². The Labute approximate surface area is 32.9 Å². The summed E-state index contributed by atoms with van der Waals surface area (Å²) in [7, 11) is 2.00. The van der Waals surface area contributed by atoms with Crippen LogP contribution < -0.4 is 0 Å². The van der Waals surface area contributed by atoms with Crippen molar-refractivity contribution in [1.82, 2.24) is 0 Å². The van der Waals surface area contributed by atoms with Gasteiger partial charge in [0.25, 0.3) is 0 Å². The molecule has 0 N–H and O–H groups in total. The van der Waals surface area contributed by atoms with Gasteiger partial charge in [0, 0.05) is 11.0 Å². The molecule has 2 heteroatoms. The third-order valence-electron chi connectivity index (χ3n) is 0. The molecule has 0 saturated carbocycles. The summed E-state index contributed by atoms with van der Waals surface area (Å²) in [5, 5.41) is 0. The third-order valence-corrected chi connectivity index (χ3v) is 0. The molecule has 0 rings (SSSR count). The average molecular weight is 69.0 g/mol. The van der Waals surface area contributed by atoms with Crippen LogP contribution in [-0.4, -0.2) is 18.2 Å². The first-order valence-corrected chi connectivity index (χ1v) is 1.15. The van der Waals surface area contributed by atoms with Gasteiger partial charge in [0.15, 0.2) is 0 Å². The van der Waals surface area contributed by atoms with Gasteiger partial charge in [-0.05, 0) is 0 Å². The predicted octanol–water partition coefficient (Wildman–Crippen LogP) is 0.406. The molecule has 0 aromatic carbocycles. The van der Waals surface area contributed by atoms with Crippen molar-refractivity contribution in [2.45, 2.75) is 13.6 Å². The van der Waals surface area contributed by atoms with E-state index in [9.17, 15) is 0 Å². The van der Waals surface area contributed by atoms with Crippen LogP contribution >= 0.6 is 0 Å². The molecule has 0 amide bonds. The van der Waals surface area contributed by atoms with Crippen LogP contribution in [0.4, 0.5) is 0 Å². The van der Waals surface area contributed by atoms with Gasteiger partial charge in [-0.25, -0.2) is 0 Å². The first kappa shape index (κ1) is 8.86. The fraction of sp³-hybridized carbons (Fsp3) is 1.00. The Morgan fingerprint density at radius 1 is 1.25 bits per heavy atom. The second-order valence-electron chi connectivity index (χ2n) is 0.577. The number of hydrogen-bond donors (Lipinski definition) is 0. The van der Waals surface area contributed by atoms with E-state index >= 15 is 0 Å². The van der Waals surface area contributed by atoms with Crippen molar-refractivity contribution in [2.24, 2.45) is 0 Å². The van der Waals surface area contributed by atoms with Crippen molar-refractivity contribution in [1.29, 1.82) is 0 Å². The van der Waals surface area contributed by atoms with Gasteiger partial charge in [-0.2, -0.15) is 0 Å². The molecule has 0 bridgehead atoms. The van der Waals surface area contributed by atoms with E-state index in [0.717, 1.165) is 0 Å². The lowest BCUT2D eigenvalue weighted by molar-refractivity contribution is 2.14. The first-order valence-electron chi connectivity index (χ1n) is 1.15. The minimum absolute atomic E-state index is 0. The van der Waals surface area contributed by atoms with Crippen molar-refractivity contribution < 1.29 is 0 Å². The summed E-state index contributed by atoms with van der Waals surface area (Å²) < 4.78 is 0. The van der Waals surface area contributed by atoms with Crippen molar-refractivity contribution >= 4 is 18.2 Å². The van der Waals surface area contributed by atoms with Gasteiger partial charge in [-0.1, -0.05) is 13.6 Å². The molecule has 4 heavy (non-hydrogen) atoms. The highest BCUT2D eigenvalue weighted by atomic mass is 28.1. The molecule has 0 heterocycles. The van der Waals surface area contributed by atoms with Crippen LogP contribution in [-0.2, 0) is 0 Å². The predicted molar refractivity (Wildman–Crippen MR) is 23.2 cm³/mol. The van der Waals surface area contributed by atoms with Crippen molar-refractivity contribution in [3.63, 3.8) is 0 Å². The second-order valence-corrected chi connectivity index (χ2v) is 0.577. The number of hydrogen-bond acceptors (Lipinski definition) is 0. The van der Waals surface area contributed by atoms with Gasteiger partial charge in [-0.3, -0.25) is 0 Å². The summed E-state index contributed by atoms with van der Waals surface area (Å²) >= 11 is 0. The first-order chi connectivity index (χ1) is 1.41. The Morgan fingerprint density at radius 2 is 1.25 bits per heavy atom. The SMILES string of the molecule is C[B]C.[Si]. The summed E-state index contributed by atoms with van der Waals surface area (Å²) in [6.07, 6.45) is 0. The molecule has 0 aliphatic carbocycles. The molecule has 5 radical (unpaired) electrons. The van der Waals surface area contributed by atoms with E-state index in [0.29, 0.717) is 0 Å². The second kappa shape index (κ2) is 10.4. The van der Waals surface area contributed by atoms with E-state index in [4.69, 9.17) is 0 Å². The van der Waals surface area contributed by atoms with Crippen molar-refractivity contribution in [2.75, 3.05) is 0 Å². The van der Waals surface area contributed by atoms with Gasteiger partial charge in [0.1, 0.15) is 7.28 Å². The van der Waals surface area contributed by atoms with Crippen LogP contribution in [0.25, 0.3) is 0 Å². The Hall–Kier alpha value is 0.282. The zero-order valence-electron chi connectivity index (χ0n) is 3.08. The summed E-state index contributed by atoms with van der Waals surface area (Å²) in [5.74, 6) is 0. The highest BCUT2D eigenvalue weighted by Gasteiger charge is 1.42. The van der Waals surface area contributed by atoms with Gasteiger partial charge in [0.2, 0.25) is 0 Å². The lowest BCUT2D eigenvalue weighted by Gasteiger charge is -1.41. The highest BCUT2D eigenvalue weighted by Crippen LogP contribution is 1.36. The van der Waals surface area contributed by atoms with E-state index < -0.39 is 0 Å². The molecule has 0 fully saturated rings. The van der Waals surface area contributed by atoms with E-state index in [1.54, 1.807) is 0 Å². The van der Waals surface area contributed by atoms with Crippen LogP contribution in [0.3, 0.4) is 0 Å². The summed E-state index contributed by atoms with van der Waals surface area (Å²) in [6.45, 7) is 4.00. The van der Waals surface area contributed by atoms with Gasteiger partial charge < -0.3 is 0 Å². The molecule has 0 atom stereocenters. The molecule has 0 spiro atoms. The maximum Gasteiger partial charge on any atom is 0.102 e. The average Bonchev–Trinajstić information content (AvgIpc) is 0.918. The Balaban J connectivity index is 0. The quantitative estimate of drug-likeness (QED) is 0.361. The molecular weight excluding hydrogens is 62.9 g/mol. The fourth-order valence-corrected chi connectivity index (χ4v) is 0. The van der Waals surface area contributed by atoms with Crippen LogP contribution in [0.15, 0.2) is 0 Å². The smallest absolute Gasteiger partial charge is 0.0922 e. The molecule has 0 unspecified atom stereocenters. The van der Waals surface area contributed by atoms with Crippen molar-refractivity contribution in [3.05, 3.63) is 0 Å². The molecule has 0 nitrogen and oxygen atoms in total. The maximum atomic E-state index is 2.00. The Morgan fingerprint density at radius 3 is 1.25 bits per heavy atom. The van der Waals surface area contributed by atoms with Crippen molar-refractivity contribution in [3.8, 4) is 0 Å². The Kier molecular flexibility index (Phi) is 23.0. The monoisotopic (exact) mass is 69.0 g/mol. The standard InChI is InChI=1S/C2H6B.Si/c1-3-2;/h1-2H3;. The maximum absolute atomic E-state index is 2.00. The minimum atomic E-state index is 0. The lowest BCUT2D eigenvalue weighted by Crippen LogP contribution is -1.53. The highest BCUT2D eigenvalue weighted by molar-refractivity contribution is 6.31.